The molecule has 2 aromatic heterocycles. The Hall–Kier alpha value is -3.03. The van der Waals surface area contributed by atoms with Crippen LogP contribution in [0.4, 0.5) is 4.39 Å². The first-order valence-electron chi connectivity index (χ1n) is 7.08. The number of hydrogen-bond donors (Lipinski definition) is 2. The highest BCUT2D eigenvalue weighted by atomic mass is 19.1. The van der Waals surface area contributed by atoms with Gasteiger partial charge in [0.2, 0.25) is 0 Å². The smallest absolute Gasteiger partial charge is 0.327 e. The maximum Gasteiger partial charge on any atom is 0.327 e. The molecule has 3 N–H and O–H groups in total. The summed E-state index contributed by atoms with van der Waals surface area (Å²) in [4.78, 5) is 34.5. The number of nitrogens with one attached hydrogen (secondary N) is 1. The Bertz CT molecular complexity index is 960. The quantitative estimate of drug-likeness (QED) is 0.759. The van der Waals surface area contributed by atoms with Gasteiger partial charge < -0.3 is 10.7 Å². The van der Waals surface area contributed by atoms with Crippen molar-refractivity contribution in [1.82, 2.24) is 19.5 Å². The Labute approximate surface area is 130 Å². The number of aromatic nitrogens is 4. The number of carbonyl (C=O) groups is 1. The topological polar surface area (TPSA) is 107 Å². The molecule has 0 bridgehead atoms. The number of H-pyrrole nitrogens is 1. The average Bonchev–Trinajstić information content (AvgIpc) is 2.83. The lowest BCUT2D eigenvalue weighted by molar-refractivity contribution is 0.0997. The third-order valence-electron chi connectivity index (χ3n) is 3.42. The van der Waals surface area contributed by atoms with Gasteiger partial charge in [-0.05, 0) is 18.6 Å². The van der Waals surface area contributed by atoms with E-state index >= 15 is 0 Å². The second kappa shape index (κ2) is 5.64. The molecule has 0 saturated carbocycles. The second-order valence-corrected chi connectivity index (χ2v) is 5.02. The zero-order valence-electron chi connectivity index (χ0n) is 12.3. The molecule has 0 saturated heterocycles. The number of aryl methyl sites for hydroxylation is 1. The number of rotatable bonds is 4. The molecular weight excluding hydrogens is 301 g/mol. The summed E-state index contributed by atoms with van der Waals surface area (Å²) in [5, 5.41) is 0. The van der Waals surface area contributed by atoms with Gasteiger partial charge in [-0.15, -0.1) is 0 Å². The lowest BCUT2D eigenvalue weighted by atomic mass is 10.2. The molecule has 0 atom stereocenters. The molecule has 8 heteroatoms. The van der Waals surface area contributed by atoms with E-state index in [1.54, 1.807) is 6.07 Å². The fourth-order valence-corrected chi connectivity index (χ4v) is 2.40. The number of hydrogen-bond acceptors (Lipinski definition) is 4. The summed E-state index contributed by atoms with van der Waals surface area (Å²) in [6, 6.07) is 5.93. The first-order chi connectivity index (χ1) is 11.0. The van der Waals surface area contributed by atoms with E-state index in [-0.39, 0.29) is 28.2 Å². The molecule has 0 fully saturated rings. The summed E-state index contributed by atoms with van der Waals surface area (Å²) in [5.74, 6) is -1.34. The van der Waals surface area contributed by atoms with Crippen LogP contribution < -0.4 is 11.4 Å². The fraction of sp³-hybridized carbons (Fsp3) is 0.200. The zero-order chi connectivity index (χ0) is 16.6. The summed E-state index contributed by atoms with van der Waals surface area (Å²) < 4.78 is 15.4. The minimum Gasteiger partial charge on any atom is -0.364 e. The Kier molecular flexibility index (Phi) is 3.65. The lowest BCUT2D eigenvalue weighted by Crippen LogP contribution is -2.16. The number of primary amides is 1. The molecule has 3 aromatic rings. The molecule has 2 heterocycles. The van der Waals surface area contributed by atoms with Gasteiger partial charge in [0.25, 0.3) is 5.91 Å². The number of halogens is 1. The summed E-state index contributed by atoms with van der Waals surface area (Å²) in [6.45, 7) is 2.31. The molecular formula is C15H14FN5O2. The van der Waals surface area contributed by atoms with Crippen LogP contribution in [0.3, 0.4) is 0 Å². The summed E-state index contributed by atoms with van der Waals surface area (Å²) in [7, 11) is 0. The summed E-state index contributed by atoms with van der Waals surface area (Å²) >= 11 is 0. The fourth-order valence-electron chi connectivity index (χ4n) is 2.40. The van der Waals surface area contributed by atoms with Gasteiger partial charge in [-0.2, -0.15) is 0 Å². The molecule has 0 aliphatic carbocycles. The average molecular weight is 315 g/mol. The van der Waals surface area contributed by atoms with Crippen LogP contribution in [0.25, 0.3) is 22.6 Å². The molecule has 0 spiro atoms. The van der Waals surface area contributed by atoms with Crippen LogP contribution in [0.15, 0.2) is 29.1 Å². The summed E-state index contributed by atoms with van der Waals surface area (Å²) in [6.07, 6.45) is 0.692. The standard InChI is InChI=1S/C15H14FN5O2/c1-2-7-21-14-11(19-15(21)23)10(12(17)22)18-13(20-14)8-5-3-4-6-9(8)16/h3-6H,2,7H2,1H3,(H2,17,22)(H,19,23). The van der Waals surface area contributed by atoms with E-state index in [1.807, 2.05) is 6.92 Å². The number of fused-ring (bicyclic) bond motifs is 1. The van der Waals surface area contributed by atoms with Gasteiger partial charge in [-0.1, -0.05) is 19.1 Å². The van der Waals surface area contributed by atoms with Crippen molar-refractivity contribution in [2.24, 2.45) is 5.73 Å². The minimum absolute atomic E-state index is 0.00764. The van der Waals surface area contributed by atoms with Crippen molar-refractivity contribution < 1.29 is 9.18 Å². The molecule has 0 aliphatic heterocycles. The SMILES string of the molecule is CCCn1c(=O)[nH]c2c(C(N)=O)nc(-c3ccccc3F)nc21. The van der Waals surface area contributed by atoms with E-state index in [2.05, 4.69) is 15.0 Å². The highest BCUT2D eigenvalue weighted by Gasteiger charge is 2.20. The van der Waals surface area contributed by atoms with Crippen molar-refractivity contribution in [3.63, 3.8) is 0 Å². The van der Waals surface area contributed by atoms with Crippen LogP contribution in [0, 0.1) is 5.82 Å². The molecule has 23 heavy (non-hydrogen) atoms. The number of aromatic amines is 1. The second-order valence-electron chi connectivity index (χ2n) is 5.02. The minimum atomic E-state index is -0.820. The van der Waals surface area contributed by atoms with Crippen LogP contribution in [-0.4, -0.2) is 25.4 Å². The third-order valence-corrected chi connectivity index (χ3v) is 3.42. The summed E-state index contributed by atoms with van der Waals surface area (Å²) in [5.41, 5.74) is 5.32. The third kappa shape index (κ3) is 2.48. The number of imidazole rings is 1. The van der Waals surface area contributed by atoms with Crippen molar-refractivity contribution in [3.8, 4) is 11.4 Å². The van der Waals surface area contributed by atoms with Gasteiger partial charge in [0.05, 0.1) is 5.56 Å². The largest absolute Gasteiger partial charge is 0.364 e. The normalized spacial score (nSPS) is 11.0. The van der Waals surface area contributed by atoms with Crippen LogP contribution >= 0.6 is 0 Å². The number of nitrogens with zero attached hydrogens (tertiary/aromatic N) is 3. The Morgan fingerprint density at radius 3 is 2.74 bits per heavy atom. The zero-order valence-corrected chi connectivity index (χ0v) is 12.3. The molecule has 0 radical (unpaired) electrons. The monoisotopic (exact) mass is 315 g/mol. The first kappa shape index (κ1) is 14.9. The maximum absolute atomic E-state index is 14.0. The van der Waals surface area contributed by atoms with Gasteiger partial charge in [0.15, 0.2) is 17.2 Å². The van der Waals surface area contributed by atoms with Gasteiger partial charge in [-0.25, -0.2) is 19.2 Å². The number of nitrogens with two attached hydrogens (primary N) is 1. The van der Waals surface area contributed by atoms with Crippen LogP contribution in [-0.2, 0) is 6.54 Å². The van der Waals surface area contributed by atoms with E-state index in [9.17, 15) is 14.0 Å². The maximum atomic E-state index is 14.0. The molecule has 0 aliphatic rings. The lowest BCUT2D eigenvalue weighted by Gasteiger charge is -2.06. The Morgan fingerprint density at radius 2 is 2.09 bits per heavy atom. The van der Waals surface area contributed by atoms with Crippen LogP contribution in [0.1, 0.15) is 23.8 Å². The van der Waals surface area contributed by atoms with Gasteiger partial charge >= 0.3 is 5.69 Å². The number of amides is 1. The van der Waals surface area contributed by atoms with Crippen LogP contribution in [0.5, 0.6) is 0 Å². The first-order valence-corrected chi connectivity index (χ1v) is 7.08. The van der Waals surface area contributed by atoms with Crippen molar-refractivity contribution in [2.75, 3.05) is 0 Å². The molecule has 1 amide bonds. The molecule has 3 rings (SSSR count). The number of carbonyl (C=O) groups excluding carboxylic acids is 1. The highest BCUT2D eigenvalue weighted by molar-refractivity contribution is 6.01. The van der Waals surface area contributed by atoms with Gasteiger partial charge in [0, 0.05) is 6.54 Å². The van der Waals surface area contributed by atoms with Crippen molar-refractivity contribution in [1.29, 1.82) is 0 Å². The predicted molar refractivity (Wildman–Crippen MR) is 82.4 cm³/mol. The van der Waals surface area contributed by atoms with E-state index < -0.39 is 17.4 Å². The van der Waals surface area contributed by atoms with Crippen molar-refractivity contribution in [3.05, 3.63) is 46.3 Å². The predicted octanol–water partition coefficient (Wildman–Crippen LogP) is 1.43. The van der Waals surface area contributed by atoms with Crippen LogP contribution in [0.2, 0.25) is 0 Å². The Morgan fingerprint density at radius 1 is 1.35 bits per heavy atom. The van der Waals surface area contributed by atoms with E-state index in [0.29, 0.717) is 13.0 Å². The van der Waals surface area contributed by atoms with Gasteiger partial charge in [0.1, 0.15) is 11.3 Å². The van der Waals surface area contributed by atoms with E-state index in [0.717, 1.165) is 0 Å². The number of benzene rings is 1. The van der Waals surface area contributed by atoms with Crippen molar-refractivity contribution >= 4 is 17.1 Å². The van der Waals surface area contributed by atoms with E-state index in [4.69, 9.17) is 5.73 Å². The Balaban J connectivity index is 2.37. The molecule has 1 aromatic carbocycles. The highest BCUT2D eigenvalue weighted by Crippen LogP contribution is 2.22. The van der Waals surface area contributed by atoms with Gasteiger partial charge in [-0.3, -0.25) is 9.36 Å². The van der Waals surface area contributed by atoms with E-state index in [1.165, 1.54) is 22.8 Å². The molecule has 118 valence electrons. The molecule has 0 unspecified atom stereocenters. The molecule has 7 nitrogen and oxygen atoms in total. The van der Waals surface area contributed by atoms with Crippen molar-refractivity contribution in [2.45, 2.75) is 19.9 Å².